The van der Waals surface area contributed by atoms with Gasteiger partial charge in [0.2, 0.25) is 0 Å². The summed E-state index contributed by atoms with van der Waals surface area (Å²) in [5.74, 6) is 0.0322. The van der Waals surface area contributed by atoms with Crippen molar-refractivity contribution in [1.29, 1.82) is 0 Å². The molecule has 0 aliphatic heterocycles. The second kappa shape index (κ2) is 5.38. The normalized spacial score (nSPS) is 33.3. The molecule has 2 fully saturated rings. The van der Waals surface area contributed by atoms with Crippen LogP contribution in [-0.4, -0.2) is 17.1 Å². The molecule has 0 aromatic heterocycles. The van der Waals surface area contributed by atoms with Gasteiger partial charge in [-0.3, -0.25) is 4.79 Å². The molecule has 108 valence electrons. The number of carbonyl (C=O) groups is 1. The van der Waals surface area contributed by atoms with E-state index in [1.165, 1.54) is 6.42 Å². The number of halogens is 1. The average molecular weight is 294 g/mol. The van der Waals surface area contributed by atoms with E-state index in [2.05, 4.69) is 12.2 Å². The lowest BCUT2D eigenvalue weighted by Gasteiger charge is -2.31. The van der Waals surface area contributed by atoms with Crippen molar-refractivity contribution >= 4 is 17.6 Å². The van der Waals surface area contributed by atoms with Crippen molar-refractivity contribution in [2.45, 2.75) is 38.3 Å². The Morgan fingerprint density at radius 1 is 1.30 bits per heavy atom. The third-order valence-electron chi connectivity index (χ3n) is 5.01. The highest BCUT2D eigenvalue weighted by atomic mass is 35.5. The van der Waals surface area contributed by atoms with Crippen LogP contribution in [0.25, 0.3) is 0 Å². The number of fused-ring (bicyclic) bond motifs is 2. The Bertz CT molecular complexity index is 502. The summed E-state index contributed by atoms with van der Waals surface area (Å²) in [5.41, 5.74) is 1.15. The molecular formula is C16H20ClNO2. The molecule has 3 nitrogen and oxygen atoms in total. The van der Waals surface area contributed by atoms with Gasteiger partial charge >= 0.3 is 5.97 Å². The van der Waals surface area contributed by atoms with Crippen LogP contribution in [-0.2, 0) is 4.79 Å². The van der Waals surface area contributed by atoms with E-state index in [-0.39, 0.29) is 18.0 Å². The maximum Gasteiger partial charge on any atom is 0.308 e. The van der Waals surface area contributed by atoms with Crippen molar-refractivity contribution in [2.75, 3.05) is 0 Å². The van der Waals surface area contributed by atoms with Crippen molar-refractivity contribution in [3.63, 3.8) is 0 Å². The van der Waals surface area contributed by atoms with Crippen LogP contribution in [0, 0.1) is 17.8 Å². The minimum Gasteiger partial charge on any atom is -0.481 e. The number of carboxylic acid groups (broad SMARTS) is 1. The lowest BCUT2D eigenvalue weighted by molar-refractivity contribution is -0.144. The molecule has 2 aliphatic carbocycles. The Hall–Kier alpha value is -1.06. The smallest absolute Gasteiger partial charge is 0.308 e. The van der Waals surface area contributed by atoms with E-state index >= 15 is 0 Å². The highest BCUT2D eigenvalue weighted by molar-refractivity contribution is 6.30. The van der Waals surface area contributed by atoms with Crippen LogP contribution >= 0.6 is 11.6 Å². The quantitative estimate of drug-likeness (QED) is 0.893. The van der Waals surface area contributed by atoms with E-state index in [9.17, 15) is 9.90 Å². The zero-order valence-corrected chi connectivity index (χ0v) is 12.3. The maximum atomic E-state index is 11.5. The third-order valence-corrected chi connectivity index (χ3v) is 5.27. The Kier molecular flexibility index (Phi) is 3.74. The largest absolute Gasteiger partial charge is 0.481 e. The number of hydrogen-bond donors (Lipinski definition) is 2. The first kappa shape index (κ1) is 13.9. The lowest BCUT2D eigenvalue weighted by Crippen LogP contribution is -2.45. The molecule has 0 amide bonds. The molecule has 0 radical (unpaired) electrons. The van der Waals surface area contributed by atoms with Gasteiger partial charge in [-0.2, -0.15) is 0 Å². The zero-order valence-electron chi connectivity index (χ0n) is 11.6. The monoisotopic (exact) mass is 293 g/mol. The molecule has 2 bridgehead atoms. The third kappa shape index (κ3) is 2.45. The van der Waals surface area contributed by atoms with Gasteiger partial charge in [-0.25, -0.2) is 0 Å². The molecule has 3 rings (SSSR count). The first-order valence-corrected chi connectivity index (χ1v) is 7.68. The summed E-state index contributed by atoms with van der Waals surface area (Å²) < 4.78 is 0. The second-order valence-electron chi connectivity index (χ2n) is 6.16. The Morgan fingerprint density at radius 2 is 1.95 bits per heavy atom. The summed E-state index contributed by atoms with van der Waals surface area (Å²) in [5, 5.41) is 13.7. The zero-order chi connectivity index (χ0) is 14.3. The van der Waals surface area contributed by atoms with Crippen LogP contribution in [0.4, 0.5) is 0 Å². The maximum absolute atomic E-state index is 11.5. The van der Waals surface area contributed by atoms with Crippen molar-refractivity contribution in [2.24, 2.45) is 17.8 Å². The first-order chi connectivity index (χ1) is 9.56. The van der Waals surface area contributed by atoms with Crippen LogP contribution < -0.4 is 5.32 Å². The molecule has 0 spiro atoms. The number of hydrogen-bond acceptors (Lipinski definition) is 2. The molecule has 5 atom stereocenters. The molecule has 2 N–H and O–H groups in total. The van der Waals surface area contributed by atoms with E-state index < -0.39 is 5.97 Å². The molecule has 20 heavy (non-hydrogen) atoms. The topological polar surface area (TPSA) is 49.3 Å². The molecule has 1 aromatic rings. The van der Waals surface area contributed by atoms with Crippen LogP contribution in [0.15, 0.2) is 24.3 Å². The Labute approximate surface area is 124 Å². The van der Waals surface area contributed by atoms with Crippen LogP contribution in [0.2, 0.25) is 5.02 Å². The fourth-order valence-corrected chi connectivity index (χ4v) is 4.15. The van der Waals surface area contributed by atoms with Gasteiger partial charge < -0.3 is 10.4 Å². The van der Waals surface area contributed by atoms with Crippen LogP contribution in [0.3, 0.4) is 0 Å². The molecule has 2 saturated carbocycles. The van der Waals surface area contributed by atoms with Crippen molar-refractivity contribution in [3.05, 3.63) is 34.9 Å². The van der Waals surface area contributed by atoms with E-state index in [1.807, 2.05) is 24.3 Å². The van der Waals surface area contributed by atoms with Gasteiger partial charge in [0.15, 0.2) is 0 Å². The fourth-order valence-electron chi connectivity index (χ4n) is 4.02. The number of nitrogens with one attached hydrogen (secondary N) is 1. The number of rotatable bonds is 4. The van der Waals surface area contributed by atoms with Gasteiger partial charge in [-0.05, 0) is 55.7 Å². The van der Waals surface area contributed by atoms with Crippen molar-refractivity contribution in [3.8, 4) is 0 Å². The number of benzene rings is 1. The fraction of sp³-hybridized carbons (Fsp3) is 0.562. The van der Waals surface area contributed by atoms with E-state index in [0.29, 0.717) is 11.8 Å². The first-order valence-electron chi connectivity index (χ1n) is 7.30. The standard InChI is InChI=1S/C16H20ClNO2/c1-9(10-4-6-13(17)7-5-10)18-15-12-3-2-11(8-12)14(15)16(19)20/h4-7,9,11-12,14-15,18H,2-3,8H2,1H3,(H,19,20). The predicted octanol–water partition coefficient (Wildman–Crippen LogP) is 3.49. The van der Waals surface area contributed by atoms with E-state index in [4.69, 9.17) is 11.6 Å². The molecule has 0 saturated heterocycles. The summed E-state index contributed by atoms with van der Waals surface area (Å²) in [6, 6.07) is 8.02. The van der Waals surface area contributed by atoms with Gasteiger partial charge in [0.25, 0.3) is 0 Å². The van der Waals surface area contributed by atoms with Gasteiger partial charge in [0, 0.05) is 17.1 Å². The average Bonchev–Trinajstić information content (AvgIpc) is 3.00. The van der Waals surface area contributed by atoms with Gasteiger partial charge in [-0.1, -0.05) is 23.7 Å². The van der Waals surface area contributed by atoms with Gasteiger partial charge in [-0.15, -0.1) is 0 Å². The molecule has 0 heterocycles. The summed E-state index contributed by atoms with van der Waals surface area (Å²) in [4.78, 5) is 11.5. The molecule has 5 unspecified atom stereocenters. The minimum atomic E-state index is -0.641. The predicted molar refractivity (Wildman–Crippen MR) is 78.7 cm³/mol. The Morgan fingerprint density at radius 3 is 2.60 bits per heavy atom. The van der Waals surface area contributed by atoms with Crippen molar-refractivity contribution < 1.29 is 9.90 Å². The number of carboxylic acids is 1. The second-order valence-corrected chi connectivity index (χ2v) is 6.60. The molecule has 4 heteroatoms. The summed E-state index contributed by atoms with van der Waals surface area (Å²) in [6.07, 6.45) is 3.32. The summed E-state index contributed by atoms with van der Waals surface area (Å²) in [6.45, 7) is 2.09. The molecular weight excluding hydrogens is 274 g/mol. The SMILES string of the molecule is CC(NC1C2CCC(C2)C1C(=O)O)c1ccc(Cl)cc1. The Balaban J connectivity index is 1.73. The number of aliphatic carboxylic acids is 1. The molecule has 1 aromatic carbocycles. The highest BCUT2D eigenvalue weighted by Crippen LogP contribution is 2.49. The van der Waals surface area contributed by atoms with Gasteiger partial charge in [0.1, 0.15) is 0 Å². The summed E-state index contributed by atoms with van der Waals surface area (Å²) in [7, 11) is 0. The lowest BCUT2D eigenvalue weighted by atomic mass is 9.84. The highest BCUT2D eigenvalue weighted by Gasteiger charge is 2.51. The summed E-state index contributed by atoms with van der Waals surface area (Å²) >= 11 is 5.90. The van der Waals surface area contributed by atoms with Crippen LogP contribution in [0.5, 0.6) is 0 Å². The molecule has 2 aliphatic rings. The van der Waals surface area contributed by atoms with Crippen LogP contribution in [0.1, 0.15) is 37.8 Å². The minimum absolute atomic E-state index is 0.108. The van der Waals surface area contributed by atoms with Crippen molar-refractivity contribution in [1.82, 2.24) is 5.32 Å². The van der Waals surface area contributed by atoms with Gasteiger partial charge in [0.05, 0.1) is 5.92 Å². The van der Waals surface area contributed by atoms with E-state index in [1.54, 1.807) is 0 Å². The van der Waals surface area contributed by atoms with E-state index in [0.717, 1.165) is 23.4 Å².